The number of hydrogen-bond acceptors (Lipinski definition) is 3. The minimum absolute atomic E-state index is 0.0345. The van der Waals surface area contributed by atoms with E-state index >= 15 is 0 Å². The van der Waals surface area contributed by atoms with Crippen LogP contribution in [0.5, 0.6) is 0 Å². The van der Waals surface area contributed by atoms with Crippen LogP contribution in [0, 0.1) is 12.8 Å². The summed E-state index contributed by atoms with van der Waals surface area (Å²) >= 11 is 1.73. The first-order valence-electron chi connectivity index (χ1n) is 10.3. The molecule has 0 radical (unpaired) electrons. The minimum atomic E-state index is 0.0345. The molecule has 1 atom stereocenters. The summed E-state index contributed by atoms with van der Waals surface area (Å²) < 4.78 is 0. The number of piperidine rings is 1. The zero-order valence-electron chi connectivity index (χ0n) is 17.3. The van der Waals surface area contributed by atoms with Crippen LogP contribution >= 0.6 is 11.8 Å². The van der Waals surface area contributed by atoms with Crippen LogP contribution < -0.4 is 10.2 Å². The summed E-state index contributed by atoms with van der Waals surface area (Å²) in [6.07, 6.45) is 3.08. The Kier molecular flexibility index (Phi) is 7.43. The molecule has 2 aromatic rings. The van der Waals surface area contributed by atoms with E-state index in [4.69, 9.17) is 0 Å². The fourth-order valence-corrected chi connectivity index (χ4v) is 4.39. The molecule has 1 N–H and O–H groups in total. The summed E-state index contributed by atoms with van der Waals surface area (Å²) in [5.74, 6) is 1.75. The van der Waals surface area contributed by atoms with Gasteiger partial charge in [-0.1, -0.05) is 36.8 Å². The number of benzene rings is 2. The van der Waals surface area contributed by atoms with Gasteiger partial charge in [-0.3, -0.25) is 4.79 Å². The average Bonchev–Trinajstić information content (AvgIpc) is 2.70. The Morgan fingerprint density at radius 1 is 1.11 bits per heavy atom. The van der Waals surface area contributed by atoms with Crippen LogP contribution in [0.3, 0.4) is 0 Å². The third-order valence-electron chi connectivity index (χ3n) is 5.54. The number of rotatable bonds is 7. The smallest absolute Gasteiger partial charge is 0.221 e. The number of amides is 1. The highest BCUT2D eigenvalue weighted by molar-refractivity contribution is 7.99. The maximum absolute atomic E-state index is 12.3. The fraction of sp³-hybridized carbons (Fsp3) is 0.458. The Balaban J connectivity index is 1.43. The van der Waals surface area contributed by atoms with Crippen molar-refractivity contribution in [2.75, 3.05) is 23.7 Å². The van der Waals surface area contributed by atoms with E-state index in [0.717, 1.165) is 30.3 Å². The second kappa shape index (κ2) is 10.0. The molecular formula is C24H32N2OS. The van der Waals surface area contributed by atoms with Crippen LogP contribution in [0.4, 0.5) is 5.69 Å². The first-order valence-corrected chi connectivity index (χ1v) is 11.3. The molecule has 0 bridgehead atoms. The van der Waals surface area contributed by atoms with Gasteiger partial charge in [0.2, 0.25) is 5.91 Å². The molecular weight excluding hydrogens is 364 g/mol. The molecule has 1 amide bonds. The molecule has 3 rings (SSSR count). The summed E-state index contributed by atoms with van der Waals surface area (Å²) in [5, 5.41) is 3.13. The number of nitrogens with zero attached hydrogens (tertiary/aromatic N) is 1. The summed E-state index contributed by atoms with van der Waals surface area (Å²) in [4.78, 5) is 16.0. The lowest BCUT2D eigenvalue weighted by molar-refractivity contribution is -0.121. The van der Waals surface area contributed by atoms with E-state index in [0.29, 0.717) is 6.42 Å². The largest absolute Gasteiger partial charge is 0.372 e. The zero-order chi connectivity index (χ0) is 19.9. The number of thioether (sulfide) groups is 1. The number of carbonyl (C=O) groups is 1. The maximum atomic E-state index is 12.3. The second-order valence-corrected chi connectivity index (χ2v) is 9.13. The second-order valence-electron chi connectivity index (χ2n) is 7.96. The number of aryl methyl sites for hydroxylation is 1. The number of hydrogen-bond donors (Lipinski definition) is 1. The van der Waals surface area contributed by atoms with Gasteiger partial charge >= 0.3 is 0 Å². The van der Waals surface area contributed by atoms with E-state index in [-0.39, 0.29) is 11.9 Å². The molecule has 2 aromatic carbocycles. The Bertz CT molecular complexity index is 749. The van der Waals surface area contributed by atoms with Crippen molar-refractivity contribution in [2.24, 2.45) is 5.92 Å². The molecule has 1 aliphatic heterocycles. The van der Waals surface area contributed by atoms with Crippen LogP contribution in [0.1, 0.15) is 50.3 Å². The topological polar surface area (TPSA) is 32.3 Å². The molecule has 3 nitrogen and oxygen atoms in total. The molecule has 0 saturated carbocycles. The lowest BCUT2D eigenvalue weighted by atomic mass is 9.98. The molecule has 4 heteroatoms. The van der Waals surface area contributed by atoms with Gasteiger partial charge in [-0.15, -0.1) is 11.8 Å². The van der Waals surface area contributed by atoms with E-state index < -0.39 is 0 Å². The van der Waals surface area contributed by atoms with E-state index in [9.17, 15) is 4.79 Å². The molecule has 150 valence electrons. The van der Waals surface area contributed by atoms with Crippen molar-refractivity contribution in [3.05, 3.63) is 59.7 Å². The first-order chi connectivity index (χ1) is 13.5. The van der Waals surface area contributed by atoms with Gasteiger partial charge in [0.25, 0.3) is 0 Å². The highest BCUT2D eigenvalue weighted by atomic mass is 32.2. The predicted molar refractivity (Wildman–Crippen MR) is 120 cm³/mol. The van der Waals surface area contributed by atoms with E-state index in [1.54, 1.807) is 11.8 Å². The maximum Gasteiger partial charge on any atom is 0.221 e. The number of nitrogens with one attached hydrogen (secondary N) is 1. The number of anilines is 1. The Morgan fingerprint density at radius 3 is 2.39 bits per heavy atom. The first kappa shape index (κ1) is 20.8. The lowest BCUT2D eigenvalue weighted by Gasteiger charge is -2.32. The molecule has 1 aliphatic rings. The van der Waals surface area contributed by atoms with Crippen LogP contribution in [-0.4, -0.2) is 24.7 Å². The lowest BCUT2D eigenvalue weighted by Crippen LogP contribution is -2.32. The van der Waals surface area contributed by atoms with Gasteiger partial charge < -0.3 is 10.2 Å². The van der Waals surface area contributed by atoms with Crippen molar-refractivity contribution in [3.8, 4) is 0 Å². The predicted octanol–water partition coefficient (Wildman–Crippen LogP) is 5.59. The average molecular weight is 397 g/mol. The van der Waals surface area contributed by atoms with E-state index in [1.807, 2.05) is 0 Å². The van der Waals surface area contributed by atoms with Crippen LogP contribution in [0.2, 0.25) is 0 Å². The van der Waals surface area contributed by atoms with Gasteiger partial charge in [0.15, 0.2) is 0 Å². The molecule has 28 heavy (non-hydrogen) atoms. The van der Waals surface area contributed by atoms with Crippen LogP contribution in [0.15, 0.2) is 53.4 Å². The van der Waals surface area contributed by atoms with Crippen molar-refractivity contribution in [1.29, 1.82) is 0 Å². The van der Waals surface area contributed by atoms with Crippen molar-refractivity contribution < 1.29 is 4.79 Å². The Labute approximate surface area is 173 Å². The van der Waals surface area contributed by atoms with Gasteiger partial charge in [0.05, 0.1) is 6.04 Å². The van der Waals surface area contributed by atoms with E-state index in [1.165, 1.54) is 29.0 Å². The molecule has 1 fully saturated rings. The summed E-state index contributed by atoms with van der Waals surface area (Å²) in [7, 11) is 0. The van der Waals surface area contributed by atoms with Gasteiger partial charge in [0.1, 0.15) is 0 Å². The summed E-state index contributed by atoms with van der Waals surface area (Å²) in [6.45, 7) is 8.77. The minimum Gasteiger partial charge on any atom is -0.372 e. The molecule has 0 spiro atoms. The zero-order valence-corrected chi connectivity index (χ0v) is 18.1. The third kappa shape index (κ3) is 6.03. The molecule has 0 unspecified atom stereocenters. The molecule has 0 aromatic heterocycles. The van der Waals surface area contributed by atoms with Crippen LogP contribution in [0.25, 0.3) is 0 Å². The van der Waals surface area contributed by atoms with Crippen molar-refractivity contribution >= 4 is 23.4 Å². The summed E-state index contributed by atoms with van der Waals surface area (Å²) in [6, 6.07) is 17.2. The van der Waals surface area contributed by atoms with Gasteiger partial charge in [-0.05, 0) is 62.4 Å². The molecule has 1 saturated heterocycles. The van der Waals surface area contributed by atoms with Gasteiger partial charge in [-0.25, -0.2) is 0 Å². The fourth-order valence-electron chi connectivity index (χ4n) is 3.53. The van der Waals surface area contributed by atoms with Gasteiger partial charge in [-0.2, -0.15) is 0 Å². The Hall–Kier alpha value is -1.94. The van der Waals surface area contributed by atoms with Crippen molar-refractivity contribution in [2.45, 2.75) is 51.0 Å². The van der Waals surface area contributed by atoms with Crippen molar-refractivity contribution in [3.63, 3.8) is 0 Å². The molecule has 0 aliphatic carbocycles. The van der Waals surface area contributed by atoms with Crippen molar-refractivity contribution in [1.82, 2.24) is 5.32 Å². The van der Waals surface area contributed by atoms with Gasteiger partial charge in [0, 0.05) is 35.8 Å². The standard InChI is InChI=1S/C24H32N2OS/c1-18-4-10-23(11-5-18)28-17-14-24(27)25-20(3)21-6-8-22(9-7-21)26-15-12-19(2)13-16-26/h4-11,19-20H,12-17H2,1-3H3,(H,25,27)/t20-/m1/s1. The highest BCUT2D eigenvalue weighted by Crippen LogP contribution is 2.25. The van der Waals surface area contributed by atoms with Crippen LogP contribution in [-0.2, 0) is 4.79 Å². The number of carbonyl (C=O) groups excluding carboxylic acids is 1. The molecule has 1 heterocycles. The third-order valence-corrected chi connectivity index (χ3v) is 6.55. The normalized spacial score (nSPS) is 16.0. The quantitative estimate of drug-likeness (QED) is 0.619. The SMILES string of the molecule is Cc1ccc(SCCC(=O)N[C@H](C)c2ccc(N3CCC(C)CC3)cc2)cc1. The Morgan fingerprint density at radius 2 is 1.75 bits per heavy atom. The summed E-state index contributed by atoms with van der Waals surface area (Å²) in [5.41, 5.74) is 3.72. The highest BCUT2D eigenvalue weighted by Gasteiger charge is 2.16. The van der Waals surface area contributed by atoms with E-state index in [2.05, 4.69) is 79.5 Å². The monoisotopic (exact) mass is 396 g/mol.